The van der Waals surface area contributed by atoms with Crippen LogP contribution < -0.4 is 0 Å². The highest BCUT2D eigenvalue weighted by atomic mass is 32.1. The van der Waals surface area contributed by atoms with Crippen molar-refractivity contribution in [2.75, 3.05) is 0 Å². The Hall–Kier alpha value is -2.32. The van der Waals surface area contributed by atoms with Crippen LogP contribution in [0.1, 0.15) is 26.8 Å². The van der Waals surface area contributed by atoms with Crippen molar-refractivity contribution < 1.29 is 0 Å². The Labute approximate surface area is 140 Å². The van der Waals surface area contributed by atoms with E-state index < -0.39 is 0 Å². The van der Waals surface area contributed by atoms with E-state index in [1.54, 1.807) is 0 Å². The molecule has 4 rings (SSSR count). The summed E-state index contributed by atoms with van der Waals surface area (Å²) in [5.74, 6) is 0.293. The maximum Gasteiger partial charge on any atom is 0.0480 e. The van der Waals surface area contributed by atoms with E-state index in [2.05, 4.69) is 91.5 Å². The molecule has 0 amide bonds. The molecule has 0 bridgehead atoms. The third-order valence-electron chi connectivity index (χ3n) is 4.42. The lowest BCUT2D eigenvalue weighted by Crippen LogP contribution is -2.00. The van der Waals surface area contributed by atoms with E-state index in [1.807, 2.05) is 11.3 Å². The van der Waals surface area contributed by atoms with Crippen LogP contribution in [-0.4, -0.2) is 4.57 Å². The fraction of sp³-hybridized carbons (Fsp3) is 0.143. The fourth-order valence-electron chi connectivity index (χ4n) is 3.35. The van der Waals surface area contributed by atoms with Crippen molar-refractivity contribution in [2.45, 2.75) is 12.8 Å². The second kappa shape index (κ2) is 5.71. The van der Waals surface area contributed by atoms with Gasteiger partial charge in [0.05, 0.1) is 0 Å². The van der Waals surface area contributed by atoms with E-state index in [-0.39, 0.29) is 0 Å². The van der Waals surface area contributed by atoms with Crippen LogP contribution in [0.4, 0.5) is 0 Å². The first-order chi connectivity index (χ1) is 11.2. The van der Waals surface area contributed by atoms with Gasteiger partial charge in [0.15, 0.2) is 0 Å². The van der Waals surface area contributed by atoms with Gasteiger partial charge in [0.2, 0.25) is 0 Å². The van der Waals surface area contributed by atoms with Crippen LogP contribution in [-0.2, 0) is 7.05 Å². The molecule has 0 aliphatic rings. The molecule has 2 aromatic carbocycles. The van der Waals surface area contributed by atoms with Crippen LogP contribution in [0.2, 0.25) is 0 Å². The third-order valence-corrected chi connectivity index (χ3v) is 5.48. The van der Waals surface area contributed by atoms with Crippen molar-refractivity contribution in [1.82, 2.24) is 4.57 Å². The molecule has 4 aromatic rings. The summed E-state index contributed by atoms with van der Waals surface area (Å²) in [7, 11) is 2.13. The summed E-state index contributed by atoms with van der Waals surface area (Å²) in [5.41, 5.74) is 4.03. The normalized spacial score (nSPS) is 12.6. The van der Waals surface area contributed by atoms with Crippen LogP contribution >= 0.6 is 11.3 Å². The van der Waals surface area contributed by atoms with Crippen LogP contribution in [0.15, 0.2) is 72.9 Å². The van der Waals surface area contributed by atoms with Crippen LogP contribution in [0.25, 0.3) is 10.9 Å². The first kappa shape index (κ1) is 14.3. The van der Waals surface area contributed by atoms with Gasteiger partial charge in [-0.25, -0.2) is 0 Å². The largest absolute Gasteiger partial charge is 0.350 e. The van der Waals surface area contributed by atoms with Crippen molar-refractivity contribution in [3.8, 4) is 0 Å². The average Bonchev–Trinajstić information content (AvgIpc) is 3.14. The van der Waals surface area contributed by atoms with E-state index in [0.29, 0.717) is 5.92 Å². The lowest BCUT2D eigenvalue weighted by atomic mass is 9.90. The summed E-state index contributed by atoms with van der Waals surface area (Å²) in [6, 6.07) is 24.0. The molecule has 0 aliphatic heterocycles. The van der Waals surface area contributed by atoms with Crippen molar-refractivity contribution in [1.29, 1.82) is 0 Å². The Morgan fingerprint density at radius 2 is 1.61 bits per heavy atom. The SMILES string of the molecule is Cc1ccc(C(c2ccccc2)c2cn(C)c3ccccc23)s1. The van der Waals surface area contributed by atoms with Crippen LogP contribution in [0, 0.1) is 6.92 Å². The van der Waals surface area contributed by atoms with Crippen molar-refractivity contribution in [3.05, 3.63) is 93.8 Å². The molecule has 2 heteroatoms. The summed E-state index contributed by atoms with van der Waals surface area (Å²) in [5, 5.41) is 1.34. The van der Waals surface area contributed by atoms with Crippen molar-refractivity contribution >= 4 is 22.2 Å². The van der Waals surface area contributed by atoms with Gasteiger partial charge in [0, 0.05) is 39.8 Å². The van der Waals surface area contributed by atoms with Gasteiger partial charge in [-0.3, -0.25) is 0 Å². The number of rotatable bonds is 3. The molecule has 0 radical (unpaired) electrons. The Balaban J connectivity index is 1.98. The highest BCUT2D eigenvalue weighted by molar-refractivity contribution is 7.12. The predicted octanol–water partition coefficient (Wildman–Crippen LogP) is 5.73. The summed E-state index contributed by atoms with van der Waals surface area (Å²) in [6.07, 6.45) is 2.29. The average molecular weight is 317 g/mol. The first-order valence-corrected chi connectivity index (χ1v) is 8.71. The quantitative estimate of drug-likeness (QED) is 0.455. The molecule has 23 heavy (non-hydrogen) atoms. The van der Waals surface area contributed by atoms with Crippen molar-refractivity contribution in [3.63, 3.8) is 0 Å². The third kappa shape index (κ3) is 2.49. The second-order valence-electron chi connectivity index (χ2n) is 6.00. The zero-order valence-electron chi connectivity index (χ0n) is 13.4. The maximum atomic E-state index is 2.29. The first-order valence-electron chi connectivity index (χ1n) is 7.89. The van der Waals surface area contributed by atoms with Gasteiger partial charge in [-0.1, -0.05) is 48.5 Å². The van der Waals surface area contributed by atoms with E-state index in [4.69, 9.17) is 0 Å². The molecule has 2 heterocycles. The summed E-state index contributed by atoms with van der Waals surface area (Å²) in [6.45, 7) is 2.18. The molecule has 0 spiro atoms. The standard InChI is InChI=1S/C21H19NS/c1-15-12-13-20(23-15)21(16-8-4-3-5-9-16)18-14-22(2)19-11-7-6-10-17(18)19/h3-14,21H,1-2H3. The van der Waals surface area contributed by atoms with Crippen molar-refractivity contribution in [2.24, 2.45) is 7.05 Å². The van der Waals surface area contributed by atoms with E-state index in [1.165, 1.54) is 31.8 Å². The molecule has 114 valence electrons. The van der Waals surface area contributed by atoms with E-state index in [9.17, 15) is 0 Å². The molecule has 0 saturated carbocycles. The lowest BCUT2D eigenvalue weighted by Gasteiger charge is -2.16. The number of benzene rings is 2. The number of thiophene rings is 1. The molecular weight excluding hydrogens is 298 g/mol. The number of hydrogen-bond acceptors (Lipinski definition) is 1. The zero-order valence-corrected chi connectivity index (χ0v) is 14.2. The van der Waals surface area contributed by atoms with E-state index >= 15 is 0 Å². The summed E-state index contributed by atoms with van der Waals surface area (Å²) < 4.78 is 2.24. The number of aryl methyl sites for hydroxylation is 2. The highest BCUT2D eigenvalue weighted by Crippen LogP contribution is 2.39. The lowest BCUT2D eigenvalue weighted by molar-refractivity contribution is 0.936. The molecule has 1 unspecified atom stereocenters. The maximum absolute atomic E-state index is 2.29. The molecule has 2 aromatic heterocycles. The number of aromatic nitrogens is 1. The van der Waals surface area contributed by atoms with Gasteiger partial charge < -0.3 is 4.57 Å². The molecule has 0 fully saturated rings. The molecule has 0 N–H and O–H groups in total. The smallest absolute Gasteiger partial charge is 0.0480 e. The Morgan fingerprint density at radius 3 is 2.35 bits per heavy atom. The Bertz CT molecular complexity index is 946. The van der Waals surface area contributed by atoms with Crippen LogP contribution in [0.3, 0.4) is 0 Å². The number of para-hydroxylation sites is 1. The molecular formula is C21H19NS. The molecule has 0 aliphatic carbocycles. The summed E-state index contributed by atoms with van der Waals surface area (Å²) >= 11 is 1.89. The molecule has 1 nitrogen and oxygen atoms in total. The molecule has 0 saturated heterocycles. The Kier molecular flexibility index (Phi) is 3.55. The van der Waals surface area contributed by atoms with Gasteiger partial charge in [-0.05, 0) is 36.2 Å². The van der Waals surface area contributed by atoms with Gasteiger partial charge in [0.25, 0.3) is 0 Å². The minimum atomic E-state index is 0.293. The van der Waals surface area contributed by atoms with Crippen LogP contribution in [0.5, 0.6) is 0 Å². The van der Waals surface area contributed by atoms with E-state index in [0.717, 1.165) is 0 Å². The monoisotopic (exact) mass is 317 g/mol. The second-order valence-corrected chi connectivity index (χ2v) is 7.32. The fourth-order valence-corrected chi connectivity index (χ4v) is 4.38. The number of nitrogens with zero attached hydrogens (tertiary/aromatic N) is 1. The number of fused-ring (bicyclic) bond motifs is 1. The minimum absolute atomic E-state index is 0.293. The molecule has 1 atom stereocenters. The zero-order chi connectivity index (χ0) is 15.8. The van der Waals surface area contributed by atoms with Gasteiger partial charge >= 0.3 is 0 Å². The number of hydrogen-bond donors (Lipinski definition) is 0. The highest BCUT2D eigenvalue weighted by Gasteiger charge is 2.22. The summed E-state index contributed by atoms with van der Waals surface area (Å²) in [4.78, 5) is 2.77. The Morgan fingerprint density at radius 1 is 0.870 bits per heavy atom. The van der Waals surface area contributed by atoms with Gasteiger partial charge in [-0.2, -0.15) is 0 Å². The topological polar surface area (TPSA) is 4.93 Å². The minimum Gasteiger partial charge on any atom is -0.350 e. The predicted molar refractivity (Wildman–Crippen MR) is 99.4 cm³/mol. The van der Waals surface area contributed by atoms with Gasteiger partial charge in [0.1, 0.15) is 0 Å². The van der Waals surface area contributed by atoms with Gasteiger partial charge in [-0.15, -0.1) is 11.3 Å².